The summed E-state index contributed by atoms with van der Waals surface area (Å²) < 4.78 is 90.2. The fraction of sp³-hybridized carbons (Fsp3) is 0.409. The summed E-state index contributed by atoms with van der Waals surface area (Å²) in [6.07, 6.45) is 0.976. The Bertz CT molecular complexity index is 1180. The molecule has 0 radical (unpaired) electrons. The molecule has 1 aromatic heterocycles. The molecule has 2 aromatic carbocycles. The summed E-state index contributed by atoms with van der Waals surface area (Å²) in [4.78, 5) is 0. The van der Waals surface area contributed by atoms with Crippen LogP contribution in [0.15, 0.2) is 48.8 Å². The lowest BCUT2D eigenvalue weighted by atomic mass is 9.30. The van der Waals surface area contributed by atoms with Gasteiger partial charge in [0.2, 0.25) is 0 Å². The van der Waals surface area contributed by atoms with Crippen LogP contribution in [0, 0.1) is 17.0 Å². The van der Waals surface area contributed by atoms with Crippen LogP contribution in [0.5, 0.6) is 5.75 Å². The first kappa shape index (κ1) is 22.6. The van der Waals surface area contributed by atoms with Gasteiger partial charge in [-0.25, -0.2) is 22.2 Å². The maximum absolute atomic E-state index is 16.1. The zero-order chi connectivity index (χ0) is 24.4. The lowest BCUT2D eigenvalue weighted by molar-refractivity contribution is -0.347. The van der Waals surface area contributed by atoms with E-state index in [4.69, 9.17) is 0 Å². The molecule has 1 heterocycles. The molecule has 3 fully saturated rings. The van der Waals surface area contributed by atoms with Gasteiger partial charge in [-0.2, -0.15) is 8.78 Å². The Hall–Kier alpha value is -3.15. The number of nitrogens with zero attached hydrogens (tertiary/aromatic N) is 4. The smallest absolute Gasteiger partial charge is 0.387 e. The Kier molecular flexibility index (Phi) is 4.94. The lowest BCUT2D eigenvalue weighted by Crippen LogP contribution is -2.76. The number of halogens is 6. The van der Waals surface area contributed by atoms with E-state index in [-0.39, 0.29) is 25.0 Å². The van der Waals surface area contributed by atoms with Crippen LogP contribution in [-0.2, 0) is 17.6 Å². The Labute approximate surface area is 189 Å². The highest BCUT2D eigenvalue weighted by atomic mass is 19.3. The van der Waals surface area contributed by atoms with Crippen molar-refractivity contribution in [2.24, 2.45) is 5.41 Å². The second-order valence-corrected chi connectivity index (χ2v) is 9.06. The van der Waals surface area contributed by atoms with Crippen LogP contribution < -0.4 is 4.74 Å². The van der Waals surface area contributed by atoms with Crippen molar-refractivity contribution < 1.29 is 36.2 Å². The van der Waals surface area contributed by atoms with E-state index >= 15 is 8.78 Å². The highest BCUT2D eigenvalue weighted by Gasteiger charge is 2.82. The molecule has 0 amide bonds. The molecule has 3 aliphatic carbocycles. The average Bonchev–Trinajstić information content (AvgIpc) is 3.19. The van der Waals surface area contributed by atoms with Gasteiger partial charge in [-0.15, -0.1) is 5.10 Å². The number of hydrogen-bond acceptors (Lipinski definition) is 5. The summed E-state index contributed by atoms with van der Waals surface area (Å²) in [6.45, 7) is -3.84. The van der Waals surface area contributed by atoms with Crippen molar-refractivity contribution in [2.75, 3.05) is 0 Å². The molecule has 0 unspecified atom stereocenters. The minimum Gasteiger partial charge on any atom is -0.435 e. The van der Waals surface area contributed by atoms with Crippen LogP contribution >= 0.6 is 0 Å². The van der Waals surface area contributed by atoms with E-state index < -0.39 is 52.7 Å². The molecular formula is C22H18F6N4O2. The molecule has 180 valence electrons. The molecule has 2 bridgehead atoms. The van der Waals surface area contributed by atoms with E-state index in [1.807, 2.05) is 0 Å². The first-order valence-electron chi connectivity index (χ1n) is 10.3. The second kappa shape index (κ2) is 7.42. The number of alkyl halides is 4. The molecule has 0 aliphatic heterocycles. The second-order valence-electron chi connectivity index (χ2n) is 9.06. The highest BCUT2D eigenvalue weighted by Crippen LogP contribution is 2.80. The number of benzene rings is 2. The maximum Gasteiger partial charge on any atom is 0.387 e. The van der Waals surface area contributed by atoms with Gasteiger partial charge in [0.25, 0.3) is 5.92 Å². The van der Waals surface area contributed by atoms with Gasteiger partial charge >= 0.3 is 6.61 Å². The first-order chi connectivity index (χ1) is 16.0. The summed E-state index contributed by atoms with van der Waals surface area (Å²) in [5.41, 5.74) is -5.40. The number of tetrazole rings is 1. The average molecular weight is 484 g/mol. The summed E-state index contributed by atoms with van der Waals surface area (Å²) >= 11 is 0. The number of ether oxygens (including phenoxy) is 1. The van der Waals surface area contributed by atoms with Crippen LogP contribution in [0.3, 0.4) is 0 Å². The Morgan fingerprint density at radius 2 is 1.74 bits per heavy atom. The largest absolute Gasteiger partial charge is 0.435 e. The lowest BCUT2D eigenvalue weighted by Gasteiger charge is -2.74. The van der Waals surface area contributed by atoms with Crippen molar-refractivity contribution in [3.63, 3.8) is 0 Å². The molecule has 12 heteroatoms. The minimum atomic E-state index is -3.84. The van der Waals surface area contributed by atoms with Crippen LogP contribution in [0.25, 0.3) is 0 Å². The van der Waals surface area contributed by atoms with Crippen LogP contribution in [0.1, 0.15) is 30.4 Å². The van der Waals surface area contributed by atoms with Gasteiger partial charge in [-0.1, -0.05) is 12.1 Å². The summed E-state index contributed by atoms with van der Waals surface area (Å²) in [7, 11) is 0. The zero-order valence-electron chi connectivity index (χ0n) is 17.4. The number of hydrogen-bond donors (Lipinski definition) is 1. The van der Waals surface area contributed by atoms with Crippen molar-refractivity contribution in [3.8, 4) is 5.75 Å². The third-order valence-electron chi connectivity index (χ3n) is 7.07. The fourth-order valence-electron chi connectivity index (χ4n) is 5.52. The van der Waals surface area contributed by atoms with Crippen LogP contribution in [0.2, 0.25) is 0 Å². The zero-order valence-corrected chi connectivity index (χ0v) is 17.4. The first-order valence-corrected chi connectivity index (χ1v) is 10.3. The SMILES string of the molecule is O[C@@](Cn1cnnn1)(c1ccc(F)cc1F)C(F)(F)C12CC(c3ccc(OC(F)F)cc3)(C1)C2. The standard InChI is InChI=1S/C22H18F6N4O2/c23-14-3-6-16(17(24)7-14)21(33,11-32-12-29-30-31-32)22(27,28)20-8-19(9-20,10-20)13-1-4-15(5-2-13)34-18(25)26/h1-7,12,18,33H,8-11H2/t19?,20?,21-/m0/s1. The summed E-state index contributed by atoms with van der Waals surface area (Å²) in [5.74, 6) is -6.18. The van der Waals surface area contributed by atoms with Gasteiger partial charge in [0, 0.05) is 17.0 Å². The van der Waals surface area contributed by atoms with E-state index in [2.05, 4.69) is 20.3 Å². The quantitative estimate of drug-likeness (QED) is 0.486. The molecule has 6 nitrogen and oxygen atoms in total. The van der Waals surface area contributed by atoms with E-state index in [1.165, 1.54) is 12.1 Å². The van der Waals surface area contributed by atoms with Crippen molar-refractivity contribution in [3.05, 3.63) is 71.6 Å². The van der Waals surface area contributed by atoms with Gasteiger partial charge in [0.1, 0.15) is 23.7 Å². The normalized spacial score (nSPS) is 25.4. The molecule has 34 heavy (non-hydrogen) atoms. The number of rotatable bonds is 8. The third-order valence-corrected chi connectivity index (χ3v) is 7.07. The van der Waals surface area contributed by atoms with Crippen molar-refractivity contribution >= 4 is 0 Å². The molecule has 6 rings (SSSR count). The third kappa shape index (κ3) is 3.18. The molecule has 1 N–H and O–H groups in total. The van der Waals surface area contributed by atoms with Crippen molar-refractivity contribution in [1.82, 2.24) is 20.2 Å². The number of aromatic nitrogens is 4. The van der Waals surface area contributed by atoms with Gasteiger partial charge in [0.15, 0.2) is 5.60 Å². The predicted molar refractivity (Wildman–Crippen MR) is 104 cm³/mol. The molecule has 3 aliphatic rings. The van der Waals surface area contributed by atoms with E-state index in [0.29, 0.717) is 11.6 Å². The monoisotopic (exact) mass is 484 g/mol. The Balaban J connectivity index is 1.44. The maximum atomic E-state index is 16.1. The highest BCUT2D eigenvalue weighted by molar-refractivity contribution is 5.44. The summed E-state index contributed by atoms with van der Waals surface area (Å²) in [6, 6.07) is 7.81. The van der Waals surface area contributed by atoms with Crippen molar-refractivity contribution in [2.45, 2.75) is 49.4 Å². The van der Waals surface area contributed by atoms with Crippen molar-refractivity contribution in [1.29, 1.82) is 0 Å². The van der Waals surface area contributed by atoms with Gasteiger partial charge < -0.3 is 9.84 Å². The topological polar surface area (TPSA) is 73.1 Å². The summed E-state index contributed by atoms with van der Waals surface area (Å²) in [5, 5.41) is 21.6. The van der Waals surface area contributed by atoms with Gasteiger partial charge in [-0.05, 0) is 64.9 Å². The van der Waals surface area contributed by atoms with Gasteiger partial charge in [0.05, 0.1) is 6.54 Å². The molecule has 0 spiro atoms. The number of aliphatic hydroxyl groups is 1. The van der Waals surface area contributed by atoms with E-state index in [0.717, 1.165) is 23.1 Å². The molecule has 3 aromatic rings. The van der Waals surface area contributed by atoms with E-state index in [9.17, 15) is 22.7 Å². The Morgan fingerprint density at radius 1 is 1.06 bits per heavy atom. The molecule has 1 atom stereocenters. The molecular weight excluding hydrogens is 466 g/mol. The molecule has 0 saturated heterocycles. The van der Waals surface area contributed by atoms with E-state index in [1.54, 1.807) is 12.1 Å². The fourth-order valence-corrected chi connectivity index (χ4v) is 5.52. The van der Waals surface area contributed by atoms with Gasteiger partial charge in [-0.3, -0.25) is 0 Å². The minimum absolute atomic E-state index is 0.0111. The van der Waals surface area contributed by atoms with Crippen LogP contribution in [-0.4, -0.2) is 37.8 Å². The Morgan fingerprint density at radius 3 is 2.29 bits per heavy atom. The molecule has 3 saturated carbocycles. The predicted octanol–water partition coefficient (Wildman–Crippen LogP) is 4.20. The van der Waals surface area contributed by atoms with Crippen LogP contribution in [0.4, 0.5) is 26.3 Å².